The number of anilines is 1. The van der Waals surface area contributed by atoms with E-state index in [1.165, 1.54) is 7.11 Å². The number of aromatic nitrogens is 4. The highest BCUT2D eigenvalue weighted by Crippen LogP contribution is 2.40. The van der Waals surface area contributed by atoms with Crippen LogP contribution in [0.3, 0.4) is 0 Å². The minimum Gasteiger partial charge on any atom is -0.480 e. The second-order valence-electron chi connectivity index (χ2n) is 6.05. The first-order valence-corrected chi connectivity index (χ1v) is 8.47. The number of benzene rings is 1. The average molecular weight is 370 g/mol. The minimum atomic E-state index is -0.0871. The molecule has 0 fully saturated rings. The van der Waals surface area contributed by atoms with Crippen LogP contribution in [0.4, 0.5) is 5.82 Å². The Bertz CT molecular complexity index is 966. The van der Waals surface area contributed by atoms with E-state index in [9.17, 15) is 4.79 Å². The third-order valence-electron chi connectivity index (χ3n) is 4.43. The van der Waals surface area contributed by atoms with E-state index < -0.39 is 0 Å². The molecule has 1 aliphatic heterocycles. The van der Waals surface area contributed by atoms with Gasteiger partial charge in [-0.05, 0) is 30.7 Å². The lowest BCUT2D eigenvalue weighted by atomic mass is 9.86. The van der Waals surface area contributed by atoms with Crippen molar-refractivity contribution in [1.82, 2.24) is 20.0 Å². The lowest BCUT2D eigenvalue weighted by Gasteiger charge is -2.24. The van der Waals surface area contributed by atoms with Crippen LogP contribution in [-0.2, 0) is 4.79 Å². The summed E-state index contributed by atoms with van der Waals surface area (Å²) in [6.45, 7) is 1.92. The van der Waals surface area contributed by atoms with Crippen molar-refractivity contribution in [2.24, 2.45) is 0 Å². The summed E-state index contributed by atoms with van der Waals surface area (Å²) in [6, 6.07) is 11.0. The van der Waals surface area contributed by atoms with Gasteiger partial charge in [0.1, 0.15) is 5.82 Å². The molecular formula is C18H16ClN5O2. The van der Waals surface area contributed by atoms with Crippen molar-refractivity contribution < 1.29 is 9.53 Å². The zero-order chi connectivity index (χ0) is 18.3. The fraction of sp³-hybridized carbons (Fsp3) is 0.222. The van der Waals surface area contributed by atoms with E-state index in [1.54, 1.807) is 16.8 Å². The number of hydrogen-bond donors (Lipinski definition) is 1. The molecule has 0 spiro atoms. The molecule has 0 bridgehead atoms. The maximum atomic E-state index is 12.3. The Labute approximate surface area is 155 Å². The lowest BCUT2D eigenvalue weighted by molar-refractivity contribution is -0.116. The molecule has 0 radical (unpaired) electrons. The van der Waals surface area contributed by atoms with Crippen molar-refractivity contribution in [3.63, 3.8) is 0 Å². The van der Waals surface area contributed by atoms with E-state index >= 15 is 0 Å². The van der Waals surface area contributed by atoms with E-state index in [2.05, 4.69) is 20.6 Å². The topological polar surface area (TPSA) is 81.9 Å². The normalized spacial score (nSPS) is 16.1. The van der Waals surface area contributed by atoms with Crippen molar-refractivity contribution in [2.45, 2.75) is 19.3 Å². The highest BCUT2D eigenvalue weighted by atomic mass is 35.5. The molecule has 2 aromatic heterocycles. The maximum Gasteiger partial charge on any atom is 0.233 e. The van der Waals surface area contributed by atoms with Gasteiger partial charge in [0, 0.05) is 29.0 Å². The second kappa shape index (κ2) is 6.42. The molecule has 26 heavy (non-hydrogen) atoms. The molecule has 1 aliphatic rings. The molecule has 3 heterocycles. The molecule has 0 saturated heterocycles. The van der Waals surface area contributed by atoms with E-state index in [-0.39, 0.29) is 11.8 Å². The number of carbonyl (C=O) groups is 1. The Morgan fingerprint density at radius 3 is 2.62 bits per heavy atom. The largest absolute Gasteiger partial charge is 0.480 e. The van der Waals surface area contributed by atoms with Crippen LogP contribution in [0.25, 0.3) is 5.82 Å². The summed E-state index contributed by atoms with van der Waals surface area (Å²) < 4.78 is 6.65. The van der Waals surface area contributed by atoms with Gasteiger partial charge in [-0.25, -0.2) is 0 Å². The van der Waals surface area contributed by atoms with Gasteiger partial charge >= 0.3 is 0 Å². The average Bonchev–Trinajstić information content (AvgIpc) is 2.98. The number of halogens is 1. The fourth-order valence-corrected chi connectivity index (χ4v) is 3.35. The number of nitrogens with one attached hydrogen (secondary N) is 1. The van der Waals surface area contributed by atoms with Crippen molar-refractivity contribution in [3.8, 4) is 11.7 Å². The van der Waals surface area contributed by atoms with Crippen LogP contribution in [0, 0.1) is 6.92 Å². The number of fused-ring (bicyclic) bond motifs is 1. The fourth-order valence-electron chi connectivity index (χ4n) is 3.23. The first kappa shape index (κ1) is 16.5. The van der Waals surface area contributed by atoms with Crippen LogP contribution in [0.15, 0.2) is 36.4 Å². The molecular weight excluding hydrogens is 354 g/mol. The summed E-state index contributed by atoms with van der Waals surface area (Å²) in [6.07, 6.45) is 0.357. The van der Waals surface area contributed by atoms with Gasteiger partial charge in [-0.1, -0.05) is 23.7 Å². The molecule has 4 rings (SSSR count). The minimum absolute atomic E-state index is 0.0694. The van der Waals surface area contributed by atoms with Crippen LogP contribution in [0.1, 0.15) is 29.2 Å². The number of aryl methyl sites for hydroxylation is 1. The zero-order valence-electron chi connectivity index (χ0n) is 14.2. The van der Waals surface area contributed by atoms with E-state index in [1.807, 2.05) is 31.2 Å². The number of amides is 1. The van der Waals surface area contributed by atoms with Crippen molar-refractivity contribution >= 4 is 23.3 Å². The molecule has 3 aromatic rings. The number of rotatable bonds is 3. The Morgan fingerprint density at radius 2 is 1.96 bits per heavy atom. The number of methoxy groups -OCH3 is 1. The van der Waals surface area contributed by atoms with Gasteiger partial charge in [0.25, 0.3) is 0 Å². The van der Waals surface area contributed by atoms with Crippen LogP contribution < -0.4 is 10.1 Å². The Balaban J connectivity index is 1.82. The summed E-state index contributed by atoms with van der Waals surface area (Å²) in [4.78, 5) is 12.3. The number of nitrogens with zero attached hydrogens (tertiary/aromatic N) is 4. The van der Waals surface area contributed by atoms with Crippen molar-refractivity contribution in [2.75, 3.05) is 12.4 Å². The molecule has 7 nitrogen and oxygen atoms in total. The van der Waals surface area contributed by atoms with Gasteiger partial charge in [-0.3, -0.25) is 4.79 Å². The van der Waals surface area contributed by atoms with Crippen molar-refractivity contribution in [1.29, 1.82) is 0 Å². The summed E-state index contributed by atoms with van der Waals surface area (Å²) >= 11 is 6.00. The highest BCUT2D eigenvalue weighted by Gasteiger charge is 2.32. The highest BCUT2D eigenvalue weighted by molar-refractivity contribution is 6.30. The van der Waals surface area contributed by atoms with Gasteiger partial charge < -0.3 is 10.1 Å². The molecule has 0 unspecified atom stereocenters. The van der Waals surface area contributed by atoms with Gasteiger partial charge in [-0.15, -0.1) is 10.2 Å². The number of carbonyl (C=O) groups excluding carboxylic acids is 1. The Kier molecular flexibility index (Phi) is 4.08. The van der Waals surface area contributed by atoms with Crippen molar-refractivity contribution in [3.05, 3.63) is 58.2 Å². The SMILES string of the molecule is COc1ccc(-n2nc(C)c3c2NC(=O)C[C@H]3c2ccc(Cl)cc2)nn1. The molecule has 8 heteroatoms. The molecule has 1 aromatic carbocycles. The Morgan fingerprint density at radius 1 is 1.19 bits per heavy atom. The third kappa shape index (κ3) is 2.80. The summed E-state index contributed by atoms with van der Waals surface area (Å²) in [5.74, 6) is 1.39. The number of ether oxygens (including phenoxy) is 1. The molecule has 1 N–H and O–H groups in total. The quantitative estimate of drug-likeness (QED) is 0.767. The number of hydrogen-bond acceptors (Lipinski definition) is 5. The molecule has 1 amide bonds. The lowest BCUT2D eigenvalue weighted by Crippen LogP contribution is -2.25. The summed E-state index contributed by atoms with van der Waals surface area (Å²) in [5.41, 5.74) is 2.83. The van der Waals surface area contributed by atoms with Crippen LogP contribution in [0.2, 0.25) is 5.02 Å². The molecule has 132 valence electrons. The predicted octanol–water partition coefficient (Wildman–Crippen LogP) is 3.11. The smallest absolute Gasteiger partial charge is 0.233 e. The Hall–Kier alpha value is -2.93. The maximum absolute atomic E-state index is 12.3. The van der Waals surface area contributed by atoms with Gasteiger partial charge in [0.2, 0.25) is 11.8 Å². The summed E-state index contributed by atoms with van der Waals surface area (Å²) in [7, 11) is 1.53. The molecule has 1 atom stereocenters. The van der Waals surface area contributed by atoms with E-state index in [0.29, 0.717) is 29.0 Å². The van der Waals surface area contributed by atoms with Crippen LogP contribution >= 0.6 is 11.6 Å². The van der Waals surface area contributed by atoms with Gasteiger partial charge in [0.05, 0.1) is 12.8 Å². The molecule has 0 saturated carbocycles. The monoisotopic (exact) mass is 369 g/mol. The zero-order valence-corrected chi connectivity index (χ0v) is 15.0. The van der Waals surface area contributed by atoms with E-state index in [4.69, 9.17) is 16.3 Å². The van der Waals surface area contributed by atoms with Crippen LogP contribution in [0.5, 0.6) is 5.88 Å². The van der Waals surface area contributed by atoms with Gasteiger partial charge in [0.15, 0.2) is 5.82 Å². The van der Waals surface area contributed by atoms with E-state index in [0.717, 1.165) is 16.8 Å². The first-order chi connectivity index (χ1) is 12.6. The predicted molar refractivity (Wildman–Crippen MR) is 97.0 cm³/mol. The molecule has 0 aliphatic carbocycles. The summed E-state index contributed by atoms with van der Waals surface area (Å²) in [5, 5.41) is 16.3. The second-order valence-corrected chi connectivity index (χ2v) is 6.49. The van der Waals surface area contributed by atoms with Gasteiger partial charge in [-0.2, -0.15) is 9.78 Å². The first-order valence-electron chi connectivity index (χ1n) is 8.09. The van der Waals surface area contributed by atoms with Crippen LogP contribution in [-0.4, -0.2) is 33.0 Å². The standard InChI is InChI=1S/C18H16ClN5O2/c1-10-17-13(11-3-5-12(19)6-4-11)9-15(25)20-18(17)24(23-10)14-7-8-16(26-2)22-21-14/h3-8,13H,9H2,1-2H3,(H,20,25)/t13-/m0/s1. The third-order valence-corrected chi connectivity index (χ3v) is 4.68.